The van der Waals surface area contributed by atoms with Crippen molar-refractivity contribution in [2.24, 2.45) is 0 Å². The van der Waals surface area contributed by atoms with Crippen LogP contribution in [0.1, 0.15) is 66.6 Å². The Bertz CT molecular complexity index is 4180. The molecule has 13 rings (SSSR count). The van der Waals surface area contributed by atoms with Crippen LogP contribution in [0.2, 0.25) is 0 Å². The van der Waals surface area contributed by atoms with Crippen LogP contribution in [0, 0.1) is 11.3 Å². The molecule has 0 N–H and O–H groups in total. The van der Waals surface area contributed by atoms with Crippen LogP contribution in [0.25, 0.3) is 99.5 Å². The molecule has 0 saturated heterocycles. The maximum atomic E-state index is 14.5. The minimum Gasteiger partial charge on any atom is -0.309 e. The Labute approximate surface area is 410 Å². The Morgan fingerprint density at radius 3 is 1.42 bits per heavy atom. The molecule has 2 aromatic heterocycles. The summed E-state index contributed by atoms with van der Waals surface area (Å²) >= 11 is 0. The van der Waals surface area contributed by atoms with E-state index in [9.17, 15) is 31.6 Å². The molecule has 72 heavy (non-hydrogen) atoms. The summed E-state index contributed by atoms with van der Waals surface area (Å²) in [4.78, 5) is 0. The number of fused-ring (bicyclic) bond motifs is 14. The highest BCUT2D eigenvalue weighted by Gasteiger charge is 2.41. The van der Waals surface area contributed by atoms with Crippen LogP contribution in [0.5, 0.6) is 0 Å². The third-order valence-electron chi connectivity index (χ3n) is 15.5. The first-order chi connectivity index (χ1) is 34.5. The average molecular weight is 954 g/mol. The SMILES string of the molecule is CC1(C)c2ccccc2-c2ccc3c(c21)c1ccccc1n3-c1ccc(-c2cc(C(F)(F)F)cc(C(F)(F)F)c2)cc1-c1c(C#N)cccc1-n1c2ccccc2c2c3c(ccc21)-c1ccccc1C3(C)C. The van der Waals surface area contributed by atoms with Gasteiger partial charge >= 0.3 is 12.4 Å². The molecule has 0 unspecified atom stereocenters. The van der Waals surface area contributed by atoms with Gasteiger partial charge in [-0.1, -0.05) is 137 Å². The first-order valence-corrected chi connectivity index (χ1v) is 23.8. The van der Waals surface area contributed by atoms with Gasteiger partial charge in [0.15, 0.2) is 0 Å². The van der Waals surface area contributed by atoms with Gasteiger partial charge in [-0.25, -0.2) is 0 Å². The van der Waals surface area contributed by atoms with Gasteiger partial charge in [0.1, 0.15) is 0 Å². The molecule has 0 spiro atoms. The largest absolute Gasteiger partial charge is 0.416 e. The lowest BCUT2D eigenvalue weighted by molar-refractivity contribution is -0.143. The van der Waals surface area contributed by atoms with E-state index < -0.39 is 28.9 Å². The van der Waals surface area contributed by atoms with Gasteiger partial charge < -0.3 is 9.13 Å². The van der Waals surface area contributed by atoms with Crippen LogP contribution in [-0.2, 0) is 23.2 Å². The molecule has 0 saturated carbocycles. The highest BCUT2D eigenvalue weighted by atomic mass is 19.4. The second-order valence-electron chi connectivity index (χ2n) is 20.1. The maximum Gasteiger partial charge on any atom is 0.416 e. The smallest absolute Gasteiger partial charge is 0.309 e. The Morgan fingerprint density at radius 1 is 0.417 bits per heavy atom. The van der Waals surface area contributed by atoms with Crippen LogP contribution in [0.3, 0.4) is 0 Å². The zero-order valence-corrected chi connectivity index (χ0v) is 39.4. The lowest BCUT2D eigenvalue weighted by atomic mass is 9.80. The van der Waals surface area contributed by atoms with E-state index in [1.807, 2.05) is 54.6 Å². The zero-order chi connectivity index (χ0) is 49.8. The van der Waals surface area contributed by atoms with E-state index in [0.29, 0.717) is 22.5 Å². The number of hydrogen-bond donors (Lipinski definition) is 0. The summed E-state index contributed by atoms with van der Waals surface area (Å²) < 4.78 is 91.5. The molecule has 0 radical (unpaired) electrons. The van der Waals surface area contributed by atoms with Crippen molar-refractivity contribution in [3.8, 4) is 62.0 Å². The van der Waals surface area contributed by atoms with Crippen molar-refractivity contribution in [3.63, 3.8) is 0 Å². The van der Waals surface area contributed by atoms with Gasteiger partial charge in [0.25, 0.3) is 0 Å². The van der Waals surface area contributed by atoms with Gasteiger partial charge in [-0.3, -0.25) is 0 Å². The molecule has 0 aliphatic heterocycles. The number of para-hydroxylation sites is 2. The van der Waals surface area contributed by atoms with E-state index in [-0.39, 0.29) is 28.2 Å². The summed E-state index contributed by atoms with van der Waals surface area (Å²) in [6.07, 6.45) is -10.1. The van der Waals surface area contributed by atoms with Crippen LogP contribution in [-0.4, -0.2) is 9.13 Å². The Balaban J connectivity index is 1.16. The molecule has 0 atom stereocenters. The number of nitriles is 1. The van der Waals surface area contributed by atoms with E-state index in [1.165, 1.54) is 16.7 Å². The molecule has 9 heteroatoms. The quantitative estimate of drug-likeness (QED) is 0.162. The highest BCUT2D eigenvalue weighted by molar-refractivity contribution is 6.17. The third-order valence-corrected chi connectivity index (χ3v) is 15.5. The van der Waals surface area contributed by atoms with E-state index in [1.54, 1.807) is 24.3 Å². The standard InChI is InChI=1S/C63H41F6N3/c1-60(2)47-19-9-5-15-40(47)42-25-28-53-56(58(42)60)44-17-7-11-21-49(44)71(53)51-27-24-35(37-30-38(62(64,65)66)33-39(31-37)63(67,68)69)32-46(51)55-36(34-70)14-13-23-52(55)72-50-22-12-8-18-45(50)57-54(72)29-26-43-41-16-6-10-20-48(41)61(3,4)59(43)57/h5-33H,1-4H3. The first-order valence-electron chi connectivity index (χ1n) is 23.8. The molecule has 2 heterocycles. The molecule has 2 aliphatic carbocycles. The Kier molecular flexibility index (Phi) is 9.00. The Hall–Kier alpha value is -8.35. The molecule has 2 aliphatic rings. The fraction of sp³-hybridized carbons (Fsp3) is 0.127. The molecule has 0 bridgehead atoms. The molecular formula is C63H41F6N3. The number of aromatic nitrogens is 2. The molecule has 3 nitrogen and oxygen atoms in total. The number of nitrogens with zero attached hydrogens (tertiary/aromatic N) is 3. The lowest BCUT2D eigenvalue weighted by Gasteiger charge is -2.23. The fourth-order valence-corrected chi connectivity index (χ4v) is 12.5. The predicted molar refractivity (Wildman–Crippen MR) is 276 cm³/mol. The van der Waals surface area contributed by atoms with Crippen LogP contribution < -0.4 is 0 Å². The minimum atomic E-state index is -5.07. The van der Waals surface area contributed by atoms with Crippen molar-refractivity contribution < 1.29 is 26.3 Å². The van der Waals surface area contributed by atoms with Crippen molar-refractivity contribution >= 4 is 43.6 Å². The minimum absolute atomic E-state index is 0.113. The monoisotopic (exact) mass is 953 g/mol. The van der Waals surface area contributed by atoms with E-state index >= 15 is 0 Å². The van der Waals surface area contributed by atoms with E-state index in [0.717, 1.165) is 83.6 Å². The molecule has 0 fully saturated rings. The maximum absolute atomic E-state index is 14.5. The average Bonchev–Trinajstić information content (AvgIpc) is 4.04. The predicted octanol–water partition coefficient (Wildman–Crippen LogP) is 17.7. The van der Waals surface area contributed by atoms with Gasteiger partial charge in [0.05, 0.1) is 56.2 Å². The normalized spacial score (nSPS) is 14.5. The van der Waals surface area contributed by atoms with Crippen molar-refractivity contribution in [2.45, 2.75) is 50.9 Å². The van der Waals surface area contributed by atoms with Crippen LogP contribution in [0.15, 0.2) is 176 Å². The molecule has 11 aromatic rings. The van der Waals surface area contributed by atoms with Gasteiger partial charge in [-0.05, 0) is 122 Å². The number of hydrogen-bond acceptors (Lipinski definition) is 1. The summed E-state index contributed by atoms with van der Waals surface area (Å²) in [5, 5.41) is 15.3. The van der Waals surface area contributed by atoms with Crippen molar-refractivity contribution in [2.75, 3.05) is 0 Å². The fourth-order valence-electron chi connectivity index (χ4n) is 12.5. The van der Waals surface area contributed by atoms with Gasteiger partial charge in [-0.15, -0.1) is 0 Å². The van der Waals surface area contributed by atoms with E-state index in [4.69, 9.17) is 0 Å². The summed E-state index contributed by atoms with van der Waals surface area (Å²) in [7, 11) is 0. The number of rotatable bonds is 4. The summed E-state index contributed by atoms with van der Waals surface area (Å²) in [5.74, 6) is 0. The second-order valence-corrected chi connectivity index (χ2v) is 20.1. The number of benzene rings is 9. The Morgan fingerprint density at radius 2 is 0.903 bits per heavy atom. The topological polar surface area (TPSA) is 33.6 Å². The van der Waals surface area contributed by atoms with Gasteiger partial charge in [-0.2, -0.15) is 31.6 Å². The van der Waals surface area contributed by atoms with E-state index in [2.05, 4.69) is 122 Å². The molecule has 350 valence electrons. The third kappa shape index (κ3) is 5.99. The molecule has 0 amide bonds. The van der Waals surface area contributed by atoms with Gasteiger partial charge in [0.2, 0.25) is 0 Å². The lowest BCUT2D eigenvalue weighted by Crippen LogP contribution is -2.15. The second kappa shape index (κ2) is 14.8. The molecule has 9 aromatic carbocycles. The van der Waals surface area contributed by atoms with Crippen LogP contribution >= 0.6 is 0 Å². The first kappa shape index (κ1) is 43.7. The van der Waals surface area contributed by atoms with Crippen LogP contribution in [0.4, 0.5) is 26.3 Å². The zero-order valence-electron chi connectivity index (χ0n) is 39.4. The van der Waals surface area contributed by atoms with Crippen molar-refractivity contribution in [1.29, 1.82) is 5.26 Å². The summed E-state index contributed by atoms with van der Waals surface area (Å²) in [6.45, 7) is 8.93. The van der Waals surface area contributed by atoms with Crippen molar-refractivity contribution in [1.82, 2.24) is 9.13 Å². The highest BCUT2D eigenvalue weighted by Crippen LogP contribution is 2.56. The number of alkyl halides is 6. The molecular weight excluding hydrogens is 913 g/mol. The van der Waals surface area contributed by atoms with Crippen molar-refractivity contribution in [3.05, 3.63) is 215 Å². The summed E-state index contributed by atoms with van der Waals surface area (Å²) in [6, 6.07) is 56.2. The summed E-state index contributed by atoms with van der Waals surface area (Å²) in [5.41, 5.74) is 11.3. The van der Waals surface area contributed by atoms with Gasteiger partial charge in [0, 0.05) is 43.5 Å². The number of halogens is 6.